The number of nitrogens with one attached hydrogen (secondary N) is 1. The van der Waals surface area contributed by atoms with Gasteiger partial charge in [-0.2, -0.15) is 4.31 Å². The molecule has 7 nitrogen and oxygen atoms in total. The molecule has 0 saturated carbocycles. The predicted octanol–water partition coefficient (Wildman–Crippen LogP) is 3.03. The van der Waals surface area contributed by atoms with Gasteiger partial charge in [0.1, 0.15) is 16.5 Å². The normalized spacial score (nSPS) is 16.8. The van der Waals surface area contributed by atoms with Crippen molar-refractivity contribution in [1.29, 1.82) is 0 Å². The fourth-order valence-electron chi connectivity index (χ4n) is 3.11. The van der Waals surface area contributed by atoms with Crippen LogP contribution in [0.25, 0.3) is 0 Å². The molecule has 1 amide bonds. The fraction of sp³-hybridized carbons (Fsp3) is 0.316. The highest BCUT2D eigenvalue weighted by molar-refractivity contribution is 7.89. The third-order valence-electron chi connectivity index (χ3n) is 5.01. The molecule has 0 bridgehead atoms. The molecule has 0 radical (unpaired) electrons. The molecule has 0 aromatic heterocycles. The number of halogens is 4. The summed E-state index contributed by atoms with van der Waals surface area (Å²) in [7, 11) is -4.35. The summed E-state index contributed by atoms with van der Waals surface area (Å²) in [5.74, 6) is -2.69. The van der Waals surface area contributed by atoms with Gasteiger partial charge in [-0.1, -0.05) is 23.2 Å². The first-order valence-electron chi connectivity index (χ1n) is 9.06. The first kappa shape index (κ1) is 23.8. The van der Waals surface area contributed by atoms with Crippen molar-refractivity contribution >= 4 is 44.8 Å². The Morgan fingerprint density at radius 2 is 1.74 bits per heavy atom. The van der Waals surface area contributed by atoms with E-state index in [0.29, 0.717) is 0 Å². The molecule has 2 aromatic rings. The zero-order valence-corrected chi connectivity index (χ0v) is 18.2. The second kappa shape index (κ2) is 8.97. The van der Waals surface area contributed by atoms with Gasteiger partial charge in [0, 0.05) is 18.8 Å². The molecule has 1 saturated heterocycles. The van der Waals surface area contributed by atoms with Crippen LogP contribution in [0.15, 0.2) is 35.2 Å². The summed E-state index contributed by atoms with van der Waals surface area (Å²) in [4.78, 5) is 11.8. The monoisotopic (exact) mass is 494 g/mol. The molecule has 31 heavy (non-hydrogen) atoms. The van der Waals surface area contributed by atoms with E-state index in [2.05, 4.69) is 5.32 Å². The first-order chi connectivity index (χ1) is 14.5. The van der Waals surface area contributed by atoms with Crippen molar-refractivity contribution < 1.29 is 32.2 Å². The van der Waals surface area contributed by atoms with Gasteiger partial charge in [0.15, 0.2) is 0 Å². The molecule has 1 heterocycles. The van der Waals surface area contributed by atoms with E-state index in [1.54, 1.807) is 0 Å². The maximum Gasteiger partial charge on any atom is 0.257 e. The minimum atomic E-state index is -4.35. The SMILES string of the molecule is O=C(Nc1ccc(F)c(Cl)c1)c1cc(S(=O)(=O)N2CCC(O)(CO)CC2)c(F)cc1Cl. The van der Waals surface area contributed by atoms with Gasteiger partial charge in [-0.3, -0.25) is 4.79 Å². The number of rotatable bonds is 5. The molecule has 1 fully saturated rings. The number of aliphatic hydroxyl groups excluding tert-OH is 1. The van der Waals surface area contributed by atoms with Crippen LogP contribution < -0.4 is 5.32 Å². The summed E-state index contributed by atoms with van der Waals surface area (Å²) >= 11 is 11.6. The number of amides is 1. The maximum absolute atomic E-state index is 14.5. The summed E-state index contributed by atoms with van der Waals surface area (Å²) < 4.78 is 54.7. The van der Waals surface area contributed by atoms with Crippen molar-refractivity contribution in [2.24, 2.45) is 0 Å². The highest BCUT2D eigenvalue weighted by atomic mass is 35.5. The van der Waals surface area contributed by atoms with Crippen molar-refractivity contribution in [2.45, 2.75) is 23.3 Å². The smallest absolute Gasteiger partial charge is 0.257 e. The van der Waals surface area contributed by atoms with E-state index in [1.165, 1.54) is 6.07 Å². The Labute approximate surface area is 187 Å². The molecular formula is C19H18Cl2F2N2O5S. The van der Waals surface area contributed by atoms with E-state index < -0.39 is 44.7 Å². The molecule has 3 N–H and O–H groups in total. The number of anilines is 1. The molecule has 0 spiro atoms. The largest absolute Gasteiger partial charge is 0.393 e. The number of benzene rings is 2. The number of sulfonamides is 1. The highest BCUT2D eigenvalue weighted by Gasteiger charge is 2.38. The van der Waals surface area contributed by atoms with Crippen molar-refractivity contribution in [1.82, 2.24) is 4.31 Å². The average Bonchev–Trinajstić information content (AvgIpc) is 2.71. The molecule has 1 aliphatic rings. The van der Waals surface area contributed by atoms with Gasteiger partial charge in [-0.05, 0) is 43.2 Å². The number of nitrogens with zero attached hydrogens (tertiary/aromatic N) is 1. The lowest BCUT2D eigenvalue weighted by molar-refractivity contribution is -0.0480. The van der Waals surface area contributed by atoms with Crippen LogP contribution in [0.3, 0.4) is 0 Å². The van der Waals surface area contributed by atoms with Crippen molar-refractivity contribution in [3.05, 3.63) is 57.6 Å². The van der Waals surface area contributed by atoms with E-state index in [1.807, 2.05) is 0 Å². The van der Waals surface area contributed by atoms with Crippen molar-refractivity contribution in [3.63, 3.8) is 0 Å². The lowest BCUT2D eigenvalue weighted by Gasteiger charge is -2.36. The van der Waals surface area contributed by atoms with Crippen LogP contribution in [0.5, 0.6) is 0 Å². The van der Waals surface area contributed by atoms with Crippen molar-refractivity contribution in [2.75, 3.05) is 25.0 Å². The summed E-state index contributed by atoms with van der Waals surface area (Å²) in [5, 5.41) is 21.1. The summed E-state index contributed by atoms with van der Waals surface area (Å²) in [6, 6.07) is 4.96. The van der Waals surface area contributed by atoms with Gasteiger partial charge < -0.3 is 15.5 Å². The van der Waals surface area contributed by atoms with Gasteiger partial charge in [0.05, 0.1) is 27.8 Å². The Morgan fingerprint density at radius 1 is 1.10 bits per heavy atom. The average molecular weight is 495 g/mol. The van der Waals surface area contributed by atoms with E-state index in [9.17, 15) is 32.2 Å². The lowest BCUT2D eigenvalue weighted by atomic mass is 9.94. The zero-order chi connectivity index (χ0) is 23.0. The van der Waals surface area contributed by atoms with Crippen LogP contribution in [0, 0.1) is 11.6 Å². The number of hydrogen-bond donors (Lipinski definition) is 3. The van der Waals surface area contributed by atoms with Gasteiger partial charge in [0.2, 0.25) is 10.0 Å². The number of hydrogen-bond acceptors (Lipinski definition) is 5. The molecule has 12 heteroatoms. The number of aliphatic hydroxyl groups is 2. The summed E-state index contributed by atoms with van der Waals surface area (Å²) in [6.45, 7) is -0.804. The molecule has 0 atom stereocenters. The van der Waals surface area contributed by atoms with E-state index >= 15 is 0 Å². The van der Waals surface area contributed by atoms with Crippen LogP contribution in [-0.2, 0) is 10.0 Å². The molecule has 2 aromatic carbocycles. The quantitative estimate of drug-likeness (QED) is 0.592. The second-order valence-electron chi connectivity index (χ2n) is 7.13. The lowest BCUT2D eigenvalue weighted by Crippen LogP contribution is -2.48. The van der Waals surface area contributed by atoms with E-state index in [0.717, 1.165) is 28.6 Å². The maximum atomic E-state index is 14.5. The Balaban J connectivity index is 1.90. The van der Waals surface area contributed by atoms with E-state index in [4.69, 9.17) is 23.2 Å². The van der Waals surface area contributed by atoms with Gasteiger partial charge in [-0.15, -0.1) is 0 Å². The summed E-state index contributed by atoms with van der Waals surface area (Å²) in [5.41, 5.74) is -1.59. The molecule has 0 unspecified atom stereocenters. The fourth-order valence-corrected chi connectivity index (χ4v) is 5.04. The van der Waals surface area contributed by atoms with Crippen LogP contribution in [-0.4, -0.2) is 54.1 Å². The number of piperidine rings is 1. The summed E-state index contributed by atoms with van der Waals surface area (Å²) in [6.07, 6.45) is -0.0623. The van der Waals surface area contributed by atoms with E-state index in [-0.39, 0.29) is 47.2 Å². The Bertz CT molecular complexity index is 1120. The van der Waals surface area contributed by atoms with Crippen LogP contribution in [0.2, 0.25) is 10.0 Å². The minimum absolute atomic E-state index is 0.0311. The molecule has 1 aliphatic heterocycles. The first-order valence-corrected chi connectivity index (χ1v) is 11.3. The van der Waals surface area contributed by atoms with Crippen LogP contribution in [0.4, 0.5) is 14.5 Å². The zero-order valence-electron chi connectivity index (χ0n) is 15.9. The van der Waals surface area contributed by atoms with Crippen LogP contribution in [0.1, 0.15) is 23.2 Å². The predicted molar refractivity (Wildman–Crippen MR) is 111 cm³/mol. The van der Waals surface area contributed by atoms with Gasteiger partial charge in [0.25, 0.3) is 5.91 Å². The third kappa shape index (κ3) is 5.00. The Kier molecular flexibility index (Phi) is 6.90. The Hall–Kier alpha value is -1.82. The second-order valence-corrected chi connectivity index (χ2v) is 9.85. The molecule has 0 aliphatic carbocycles. The minimum Gasteiger partial charge on any atom is -0.393 e. The van der Waals surface area contributed by atoms with Crippen molar-refractivity contribution in [3.8, 4) is 0 Å². The molecular weight excluding hydrogens is 477 g/mol. The third-order valence-corrected chi connectivity index (χ3v) is 7.52. The number of carbonyl (C=O) groups excluding carboxylic acids is 1. The number of carbonyl (C=O) groups is 1. The van der Waals surface area contributed by atoms with Gasteiger partial charge in [-0.25, -0.2) is 17.2 Å². The standard InChI is InChI=1S/C19H18Cl2F2N2O5S/c20-13-9-16(23)17(31(29,30)25-5-3-19(28,10-26)4-6-25)8-12(13)18(27)24-11-1-2-15(22)14(21)7-11/h1-2,7-9,26,28H,3-6,10H2,(H,24,27). The topological polar surface area (TPSA) is 107 Å². The van der Waals surface area contributed by atoms with Crippen LogP contribution >= 0.6 is 23.2 Å². The van der Waals surface area contributed by atoms with Gasteiger partial charge >= 0.3 is 0 Å². The Morgan fingerprint density at radius 3 is 2.32 bits per heavy atom. The molecule has 3 rings (SSSR count). The molecule has 168 valence electrons. The highest BCUT2D eigenvalue weighted by Crippen LogP contribution is 2.31.